The fourth-order valence-electron chi connectivity index (χ4n) is 2.13. The average molecular weight is 276 g/mol. The minimum atomic E-state index is 0.383. The summed E-state index contributed by atoms with van der Waals surface area (Å²) in [6, 6.07) is 3.94. The van der Waals surface area contributed by atoms with E-state index in [-0.39, 0.29) is 0 Å². The minimum Gasteiger partial charge on any atom is -0.310 e. The lowest BCUT2D eigenvalue weighted by atomic mass is 10.3. The van der Waals surface area contributed by atoms with Crippen molar-refractivity contribution in [1.82, 2.24) is 24.3 Å². The molecule has 3 aromatic heterocycles. The summed E-state index contributed by atoms with van der Waals surface area (Å²) in [5.41, 5.74) is 2.88. The molecule has 0 bridgehead atoms. The van der Waals surface area contributed by atoms with Gasteiger partial charge in [0.15, 0.2) is 5.65 Å². The lowest BCUT2D eigenvalue weighted by molar-refractivity contribution is 0.531. The second-order valence-corrected chi connectivity index (χ2v) is 4.71. The first-order chi connectivity index (χ1) is 9.28. The van der Waals surface area contributed by atoms with Crippen LogP contribution in [-0.2, 0) is 19.0 Å². The van der Waals surface area contributed by atoms with Crippen molar-refractivity contribution in [2.24, 2.45) is 0 Å². The minimum absolute atomic E-state index is 0.383. The van der Waals surface area contributed by atoms with Gasteiger partial charge >= 0.3 is 0 Å². The Morgan fingerprint density at radius 3 is 2.95 bits per heavy atom. The number of aromatic nitrogens is 5. The maximum Gasteiger partial charge on any atom is 0.160 e. The summed E-state index contributed by atoms with van der Waals surface area (Å²) in [5.74, 6) is 1.23. The molecule has 0 aliphatic heterocycles. The highest BCUT2D eigenvalue weighted by Crippen LogP contribution is 2.16. The third kappa shape index (κ3) is 2.33. The predicted molar refractivity (Wildman–Crippen MR) is 74.0 cm³/mol. The van der Waals surface area contributed by atoms with Crippen LogP contribution < -0.4 is 0 Å². The van der Waals surface area contributed by atoms with E-state index in [9.17, 15) is 0 Å². The molecule has 0 atom stereocenters. The number of aryl methyl sites for hydroxylation is 3. The van der Waals surface area contributed by atoms with Gasteiger partial charge in [0.05, 0.1) is 12.4 Å². The highest BCUT2D eigenvalue weighted by molar-refractivity contribution is 6.16. The molecule has 6 heteroatoms. The number of hydrogen-bond acceptors (Lipinski definition) is 3. The Bertz CT molecular complexity index is 686. The molecular formula is C13H14ClN5. The summed E-state index contributed by atoms with van der Waals surface area (Å²) in [4.78, 5) is 8.99. The van der Waals surface area contributed by atoms with Crippen LogP contribution in [0.3, 0.4) is 0 Å². The summed E-state index contributed by atoms with van der Waals surface area (Å²) in [5, 5.41) is 4.19. The number of alkyl halides is 1. The van der Waals surface area contributed by atoms with E-state index in [0.717, 1.165) is 35.6 Å². The molecule has 0 aliphatic carbocycles. The van der Waals surface area contributed by atoms with Crippen LogP contribution in [0.25, 0.3) is 11.2 Å². The lowest BCUT2D eigenvalue weighted by Crippen LogP contribution is -2.10. The zero-order chi connectivity index (χ0) is 13.2. The van der Waals surface area contributed by atoms with Crippen LogP contribution >= 0.6 is 11.6 Å². The van der Waals surface area contributed by atoms with Gasteiger partial charge in [-0.2, -0.15) is 5.10 Å². The van der Waals surface area contributed by atoms with Crippen LogP contribution in [0.4, 0.5) is 0 Å². The number of fused-ring (bicyclic) bond motifs is 1. The van der Waals surface area contributed by atoms with Crippen LogP contribution in [0.15, 0.2) is 30.7 Å². The van der Waals surface area contributed by atoms with Gasteiger partial charge < -0.3 is 4.57 Å². The fourth-order valence-corrected chi connectivity index (χ4v) is 2.33. The maximum absolute atomic E-state index is 5.97. The molecule has 3 heterocycles. The van der Waals surface area contributed by atoms with Crippen LogP contribution in [-0.4, -0.2) is 24.3 Å². The largest absolute Gasteiger partial charge is 0.310 e. The summed E-state index contributed by atoms with van der Waals surface area (Å²) in [7, 11) is 0. The molecule has 0 amide bonds. The number of pyridine rings is 1. The third-order valence-corrected chi connectivity index (χ3v) is 3.27. The van der Waals surface area contributed by atoms with Gasteiger partial charge in [0.2, 0.25) is 0 Å². The van der Waals surface area contributed by atoms with Crippen molar-refractivity contribution < 1.29 is 0 Å². The standard InChI is InChI=1S/C13H14ClN5/c1-10-7-11-13(15-9-10)19(12(8-14)17-11)6-5-18-4-2-3-16-18/h2-4,7,9H,5-6,8H2,1H3. The molecule has 0 aromatic carbocycles. The predicted octanol–water partition coefficient (Wildman–Crippen LogP) is 2.38. The van der Waals surface area contributed by atoms with Crippen molar-refractivity contribution in [2.45, 2.75) is 25.9 Å². The van der Waals surface area contributed by atoms with Crippen LogP contribution in [0.2, 0.25) is 0 Å². The SMILES string of the molecule is Cc1cnc2c(c1)nc(CCl)n2CCn1cccn1. The zero-order valence-corrected chi connectivity index (χ0v) is 11.4. The maximum atomic E-state index is 5.97. The molecule has 3 rings (SSSR count). The Morgan fingerprint density at radius 1 is 1.32 bits per heavy atom. The van der Waals surface area contributed by atoms with E-state index in [1.54, 1.807) is 6.20 Å². The van der Waals surface area contributed by atoms with Gasteiger partial charge in [0, 0.05) is 25.1 Å². The second kappa shape index (κ2) is 5.01. The molecule has 0 saturated heterocycles. The Hall–Kier alpha value is -1.88. The highest BCUT2D eigenvalue weighted by atomic mass is 35.5. The van der Waals surface area contributed by atoms with Crippen molar-refractivity contribution in [3.63, 3.8) is 0 Å². The van der Waals surface area contributed by atoms with E-state index in [1.165, 1.54) is 0 Å². The van der Waals surface area contributed by atoms with Crippen LogP contribution in [0.5, 0.6) is 0 Å². The van der Waals surface area contributed by atoms with Crippen molar-refractivity contribution >= 4 is 22.8 Å². The van der Waals surface area contributed by atoms with E-state index in [0.29, 0.717) is 5.88 Å². The molecule has 0 aliphatic rings. The van der Waals surface area contributed by atoms with Crippen molar-refractivity contribution in [3.8, 4) is 0 Å². The third-order valence-electron chi connectivity index (χ3n) is 3.03. The number of halogens is 1. The molecule has 0 N–H and O–H groups in total. The fraction of sp³-hybridized carbons (Fsp3) is 0.308. The van der Waals surface area contributed by atoms with Gasteiger partial charge in [-0.25, -0.2) is 9.97 Å². The smallest absolute Gasteiger partial charge is 0.160 e. The first-order valence-electron chi connectivity index (χ1n) is 6.13. The Balaban J connectivity index is 1.96. The molecule has 0 fully saturated rings. The topological polar surface area (TPSA) is 48.5 Å². The monoisotopic (exact) mass is 275 g/mol. The second-order valence-electron chi connectivity index (χ2n) is 4.44. The number of rotatable bonds is 4. The molecule has 0 radical (unpaired) electrons. The molecule has 5 nitrogen and oxygen atoms in total. The van der Waals surface area contributed by atoms with Gasteiger partial charge in [-0.05, 0) is 24.6 Å². The van der Waals surface area contributed by atoms with Gasteiger partial charge in [-0.15, -0.1) is 11.6 Å². The van der Waals surface area contributed by atoms with E-state index >= 15 is 0 Å². The lowest BCUT2D eigenvalue weighted by Gasteiger charge is -2.07. The van der Waals surface area contributed by atoms with E-state index in [4.69, 9.17) is 11.6 Å². The van der Waals surface area contributed by atoms with E-state index in [2.05, 4.69) is 19.6 Å². The van der Waals surface area contributed by atoms with Gasteiger partial charge in [-0.3, -0.25) is 4.68 Å². The summed E-state index contributed by atoms with van der Waals surface area (Å²) < 4.78 is 3.95. The Kier molecular flexibility index (Phi) is 3.21. The first-order valence-corrected chi connectivity index (χ1v) is 6.66. The Labute approximate surface area is 115 Å². The van der Waals surface area contributed by atoms with Crippen LogP contribution in [0.1, 0.15) is 11.4 Å². The van der Waals surface area contributed by atoms with E-state index in [1.807, 2.05) is 36.1 Å². The van der Waals surface area contributed by atoms with Gasteiger partial charge in [0.25, 0.3) is 0 Å². The zero-order valence-electron chi connectivity index (χ0n) is 10.6. The van der Waals surface area contributed by atoms with Gasteiger partial charge in [-0.1, -0.05) is 0 Å². The van der Waals surface area contributed by atoms with Gasteiger partial charge in [0.1, 0.15) is 11.3 Å². The molecular weight excluding hydrogens is 262 g/mol. The summed E-state index contributed by atoms with van der Waals surface area (Å²) in [6.45, 7) is 3.55. The number of nitrogens with zero attached hydrogens (tertiary/aromatic N) is 5. The molecule has 0 saturated carbocycles. The van der Waals surface area contributed by atoms with Crippen molar-refractivity contribution in [2.75, 3.05) is 0 Å². The first kappa shape index (κ1) is 12.2. The normalized spacial score (nSPS) is 11.3. The number of imidazole rings is 1. The van der Waals surface area contributed by atoms with Crippen molar-refractivity contribution in [1.29, 1.82) is 0 Å². The molecule has 0 spiro atoms. The molecule has 0 unspecified atom stereocenters. The number of hydrogen-bond donors (Lipinski definition) is 0. The quantitative estimate of drug-likeness (QED) is 0.687. The summed E-state index contributed by atoms with van der Waals surface area (Å²) >= 11 is 5.97. The Morgan fingerprint density at radius 2 is 2.21 bits per heavy atom. The molecule has 19 heavy (non-hydrogen) atoms. The van der Waals surface area contributed by atoms with Crippen molar-refractivity contribution in [3.05, 3.63) is 42.1 Å². The van der Waals surface area contributed by atoms with Crippen LogP contribution in [0, 0.1) is 6.92 Å². The highest BCUT2D eigenvalue weighted by Gasteiger charge is 2.11. The molecule has 98 valence electrons. The average Bonchev–Trinajstić information content (AvgIpc) is 3.02. The van der Waals surface area contributed by atoms with E-state index < -0.39 is 0 Å². The summed E-state index contributed by atoms with van der Waals surface area (Å²) in [6.07, 6.45) is 5.57. The molecule has 3 aromatic rings.